The number of aromatic nitrogens is 1. The summed E-state index contributed by atoms with van der Waals surface area (Å²) in [7, 11) is 0. The summed E-state index contributed by atoms with van der Waals surface area (Å²) in [5.74, 6) is 1.19. The number of pyridine rings is 1. The van der Waals surface area contributed by atoms with Crippen LogP contribution in [0, 0.1) is 40.7 Å². The molecule has 0 unspecified atom stereocenters. The molecule has 0 fully saturated rings. The van der Waals surface area contributed by atoms with Crippen LogP contribution < -0.4 is 5.56 Å². The van der Waals surface area contributed by atoms with E-state index in [1.165, 1.54) is 6.92 Å². The van der Waals surface area contributed by atoms with Gasteiger partial charge in [0.25, 0.3) is 11.2 Å². The predicted octanol–water partition coefficient (Wildman–Crippen LogP) is 2.40. The van der Waals surface area contributed by atoms with Crippen molar-refractivity contribution in [3.63, 3.8) is 0 Å². The first-order valence-electron chi connectivity index (χ1n) is 7.00. The minimum absolute atomic E-state index is 0.0527. The number of hydrogen-bond acceptors (Lipinski definition) is 8. The van der Waals surface area contributed by atoms with E-state index in [0.717, 1.165) is 22.8 Å². The number of phenols is 1. The number of nitriles is 1. The standard InChI is InChI=1S/C16H11N5O5/c1-3-6-20-15(23)11(8-17)9(2)14(16(20)24)19-18-12-7-10(21(25)26)4-5-13(12)22/h1,4-5,7,22-23H,6H2,2H3. The van der Waals surface area contributed by atoms with E-state index in [1.807, 2.05) is 0 Å². The molecule has 2 N–H and O–H groups in total. The number of rotatable bonds is 4. The molecule has 1 aromatic carbocycles. The van der Waals surface area contributed by atoms with Gasteiger partial charge in [0.05, 0.1) is 11.5 Å². The maximum Gasteiger partial charge on any atom is 0.282 e. The maximum absolute atomic E-state index is 12.4. The fraction of sp³-hybridized carbons (Fsp3) is 0.125. The van der Waals surface area contributed by atoms with Crippen molar-refractivity contribution in [3.8, 4) is 30.0 Å². The van der Waals surface area contributed by atoms with E-state index >= 15 is 0 Å². The quantitative estimate of drug-likeness (QED) is 0.372. The van der Waals surface area contributed by atoms with Crippen molar-refractivity contribution >= 4 is 17.1 Å². The molecule has 0 aliphatic carbocycles. The molecule has 0 spiro atoms. The first-order chi connectivity index (χ1) is 12.3. The summed E-state index contributed by atoms with van der Waals surface area (Å²) < 4.78 is 0.771. The van der Waals surface area contributed by atoms with Crippen molar-refractivity contribution in [1.29, 1.82) is 5.26 Å². The zero-order chi connectivity index (χ0) is 19.4. The van der Waals surface area contributed by atoms with E-state index in [9.17, 15) is 25.1 Å². The Bertz CT molecular complexity index is 1070. The zero-order valence-corrected chi connectivity index (χ0v) is 13.4. The molecule has 10 heteroatoms. The summed E-state index contributed by atoms with van der Waals surface area (Å²) in [6.07, 6.45) is 5.15. The number of terminal acetylenes is 1. The molecular formula is C16H11N5O5. The second-order valence-electron chi connectivity index (χ2n) is 5.01. The Hall–Kier alpha value is -4.18. The van der Waals surface area contributed by atoms with Gasteiger partial charge in [0.1, 0.15) is 23.1 Å². The number of non-ortho nitro benzene ring substituents is 1. The number of nitrogens with zero attached hydrogens (tertiary/aromatic N) is 5. The highest BCUT2D eigenvalue weighted by Crippen LogP contribution is 2.32. The summed E-state index contributed by atoms with van der Waals surface area (Å²) in [5.41, 5.74) is -1.82. The highest BCUT2D eigenvalue weighted by molar-refractivity contribution is 5.59. The summed E-state index contributed by atoms with van der Waals surface area (Å²) in [6, 6.07) is 4.86. The third-order valence-corrected chi connectivity index (χ3v) is 3.45. The fourth-order valence-corrected chi connectivity index (χ4v) is 2.10. The van der Waals surface area contributed by atoms with Crippen molar-refractivity contribution in [1.82, 2.24) is 4.57 Å². The first-order valence-corrected chi connectivity index (χ1v) is 7.00. The van der Waals surface area contributed by atoms with Crippen LogP contribution in [0.4, 0.5) is 17.1 Å². The van der Waals surface area contributed by atoms with Crippen molar-refractivity contribution in [2.75, 3.05) is 0 Å². The van der Waals surface area contributed by atoms with Crippen LogP contribution in [0.2, 0.25) is 0 Å². The molecule has 0 atom stereocenters. The lowest BCUT2D eigenvalue weighted by molar-refractivity contribution is -0.384. The highest BCUT2D eigenvalue weighted by Gasteiger charge is 2.19. The van der Waals surface area contributed by atoms with E-state index in [0.29, 0.717) is 0 Å². The highest BCUT2D eigenvalue weighted by atomic mass is 16.6. The molecule has 0 bridgehead atoms. The summed E-state index contributed by atoms with van der Waals surface area (Å²) in [4.78, 5) is 22.5. The molecule has 1 aromatic heterocycles. The van der Waals surface area contributed by atoms with Gasteiger partial charge in [-0.3, -0.25) is 19.5 Å². The number of hydrogen-bond donors (Lipinski definition) is 2. The Morgan fingerprint density at radius 1 is 1.38 bits per heavy atom. The van der Waals surface area contributed by atoms with Crippen LogP contribution in [0.25, 0.3) is 0 Å². The van der Waals surface area contributed by atoms with Gasteiger partial charge in [-0.05, 0) is 13.0 Å². The first kappa shape index (κ1) is 18.2. The SMILES string of the molecule is C#CCn1c(O)c(C#N)c(C)c(N=Nc2cc([N+](=O)[O-])ccc2O)c1=O. The van der Waals surface area contributed by atoms with E-state index in [1.54, 1.807) is 6.07 Å². The number of benzene rings is 1. The lowest BCUT2D eigenvalue weighted by atomic mass is 10.1. The second kappa shape index (κ2) is 7.15. The van der Waals surface area contributed by atoms with Gasteiger partial charge in [-0.1, -0.05) is 5.92 Å². The van der Waals surface area contributed by atoms with Crippen molar-refractivity contribution in [3.05, 3.63) is 49.8 Å². The van der Waals surface area contributed by atoms with Crippen molar-refractivity contribution in [2.24, 2.45) is 10.2 Å². The molecule has 130 valence electrons. The molecular weight excluding hydrogens is 342 g/mol. The Morgan fingerprint density at radius 3 is 2.65 bits per heavy atom. The summed E-state index contributed by atoms with van der Waals surface area (Å²) in [5, 5.41) is 47.1. The molecule has 10 nitrogen and oxygen atoms in total. The van der Waals surface area contributed by atoms with Crippen LogP contribution in [0.15, 0.2) is 33.2 Å². The van der Waals surface area contributed by atoms with Gasteiger partial charge < -0.3 is 10.2 Å². The van der Waals surface area contributed by atoms with Crippen molar-refractivity contribution < 1.29 is 15.1 Å². The Kier molecular flexibility index (Phi) is 5.00. The molecule has 0 aliphatic heterocycles. The van der Waals surface area contributed by atoms with Crippen molar-refractivity contribution in [2.45, 2.75) is 13.5 Å². The molecule has 0 saturated carbocycles. The van der Waals surface area contributed by atoms with Gasteiger partial charge in [0.15, 0.2) is 5.69 Å². The third kappa shape index (κ3) is 3.20. The predicted molar refractivity (Wildman–Crippen MR) is 89.6 cm³/mol. The van der Waals surface area contributed by atoms with E-state index < -0.39 is 16.4 Å². The minimum Gasteiger partial charge on any atom is -0.506 e. The van der Waals surface area contributed by atoms with Gasteiger partial charge in [0, 0.05) is 17.7 Å². The number of phenolic OH excluding ortho intramolecular Hbond substituents is 1. The summed E-state index contributed by atoms with van der Waals surface area (Å²) in [6.45, 7) is 1.08. The molecule has 1 heterocycles. The molecule has 2 aromatic rings. The maximum atomic E-state index is 12.4. The van der Waals surface area contributed by atoms with E-state index in [-0.39, 0.29) is 40.5 Å². The van der Waals surface area contributed by atoms with E-state index in [2.05, 4.69) is 16.1 Å². The average molecular weight is 353 g/mol. The lowest BCUT2D eigenvalue weighted by Gasteiger charge is -2.10. The smallest absolute Gasteiger partial charge is 0.282 e. The molecule has 2 rings (SSSR count). The van der Waals surface area contributed by atoms with Gasteiger partial charge in [-0.25, -0.2) is 0 Å². The van der Waals surface area contributed by atoms with Crippen LogP contribution >= 0.6 is 0 Å². The van der Waals surface area contributed by atoms with Gasteiger partial charge in [0.2, 0.25) is 5.88 Å². The van der Waals surface area contributed by atoms with Crippen LogP contribution in [-0.4, -0.2) is 19.7 Å². The third-order valence-electron chi connectivity index (χ3n) is 3.45. The van der Waals surface area contributed by atoms with Gasteiger partial charge in [-0.2, -0.15) is 5.26 Å². The normalized spacial score (nSPS) is 10.4. The molecule has 0 radical (unpaired) electrons. The summed E-state index contributed by atoms with van der Waals surface area (Å²) >= 11 is 0. The number of aromatic hydroxyl groups is 2. The number of azo groups is 1. The molecule has 0 aliphatic rings. The Morgan fingerprint density at radius 2 is 2.08 bits per heavy atom. The fourth-order valence-electron chi connectivity index (χ4n) is 2.10. The van der Waals surface area contributed by atoms with Gasteiger partial charge >= 0.3 is 0 Å². The Labute approximate surface area is 146 Å². The monoisotopic (exact) mass is 353 g/mol. The van der Waals surface area contributed by atoms with E-state index in [4.69, 9.17) is 11.7 Å². The lowest BCUT2D eigenvalue weighted by Crippen LogP contribution is -2.21. The average Bonchev–Trinajstić information content (AvgIpc) is 2.60. The topological polar surface area (TPSA) is 154 Å². The minimum atomic E-state index is -0.800. The van der Waals surface area contributed by atoms with Gasteiger partial charge in [-0.15, -0.1) is 16.7 Å². The number of nitro groups is 1. The van der Waals surface area contributed by atoms with Crippen LogP contribution in [0.1, 0.15) is 11.1 Å². The van der Waals surface area contributed by atoms with Crippen LogP contribution in [-0.2, 0) is 6.54 Å². The largest absolute Gasteiger partial charge is 0.506 e. The Balaban J connectivity index is 2.66. The molecule has 26 heavy (non-hydrogen) atoms. The molecule has 0 saturated heterocycles. The van der Waals surface area contributed by atoms with Crippen LogP contribution in [0.5, 0.6) is 11.6 Å². The number of nitro benzene ring substituents is 1. The zero-order valence-electron chi connectivity index (χ0n) is 13.4. The second-order valence-corrected chi connectivity index (χ2v) is 5.01. The molecule has 0 amide bonds. The van der Waals surface area contributed by atoms with Crippen LogP contribution in [0.3, 0.4) is 0 Å².